The van der Waals surface area contributed by atoms with E-state index < -0.39 is 0 Å². The predicted octanol–water partition coefficient (Wildman–Crippen LogP) is 22.4. The molecule has 0 amide bonds. The highest BCUT2D eigenvalue weighted by Crippen LogP contribution is 2.65. The number of hydrogen-bond acceptors (Lipinski definition) is 6. The molecular weight excluding hydrogens is 1030 g/mol. The van der Waals surface area contributed by atoms with Crippen LogP contribution in [0.4, 0.5) is 0 Å². The second kappa shape index (κ2) is 24.6. The van der Waals surface area contributed by atoms with Crippen LogP contribution in [0.3, 0.4) is 0 Å². The van der Waals surface area contributed by atoms with E-state index in [2.05, 4.69) is 72.8 Å². The van der Waals surface area contributed by atoms with Gasteiger partial charge in [0.2, 0.25) is 34.5 Å². The predicted molar refractivity (Wildman–Crippen MR) is 338 cm³/mol. The van der Waals surface area contributed by atoms with E-state index in [0.29, 0.717) is 34.5 Å². The van der Waals surface area contributed by atoms with Crippen LogP contribution in [0.25, 0.3) is 66.8 Å². The summed E-state index contributed by atoms with van der Waals surface area (Å²) in [5.41, 5.74) is 10.5. The lowest BCUT2D eigenvalue weighted by Gasteiger charge is -2.27. The number of hydrogen-bond donors (Lipinski definition) is 0. The van der Waals surface area contributed by atoms with Crippen LogP contribution < -0.4 is 28.4 Å². The van der Waals surface area contributed by atoms with Crippen molar-refractivity contribution in [3.05, 3.63) is 328 Å². The minimum atomic E-state index is 0.132. The van der Waals surface area contributed by atoms with Crippen LogP contribution >= 0.6 is 0 Å². The molecule has 6 heteroatoms. The molecule has 0 fully saturated rings. The Morgan fingerprint density at radius 3 is 0.381 bits per heavy atom. The van der Waals surface area contributed by atoms with Gasteiger partial charge in [0, 0.05) is 33.4 Å². The van der Waals surface area contributed by atoms with E-state index in [1.807, 2.05) is 255 Å². The highest BCUT2D eigenvalue weighted by Gasteiger charge is 2.37. The van der Waals surface area contributed by atoms with E-state index in [1.165, 1.54) is 0 Å². The molecule has 0 radical (unpaired) electrons. The third-order valence-electron chi connectivity index (χ3n) is 14.3. The second-order valence-electron chi connectivity index (χ2n) is 19.8. The van der Waals surface area contributed by atoms with Gasteiger partial charge in [0.1, 0.15) is 34.5 Å². The Balaban J connectivity index is 1.19. The average Bonchev–Trinajstić information content (AvgIpc) is 2.35. The first-order valence-corrected chi connectivity index (χ1v) is 27.9. The van der Waals surface area contributed by atoms with Crippen LogP contribution in [0, 0.1) is 0 Å². The van der Waals surface area contributed by atoms with Gasteiger partial charge >= 0.3 is 0 Å². The smallest absolute Gasteiger partial charge is 0.220 e. The van der Waals surface area contributed by atoms with Gasteiger partial charge in [0.05, 0.1) is 0 Å². The molecule has 0 unspecified atom stereocenters. The Labute approximate surface area is 489 Å². The van der Waals surface area contributed by atoms with E-state index in [0.717, 1.165) is 66.8 Å². The largest absolute Gasteiger partial charge is 0.448 e. The number of para-hydroxylation sites is 6. The van der Waals surface area contributed by atoms with Crippen molar-refractivity contribution in [2.75, 3.05) is 0 Å². The van der Waals surface area contributed by atoms with Gasteiger partial charge in [-0.25, -0.2) is 0 Å². The summed E-state index contributed by atoms with van der Waals surface area (Å²) >= 11 is 0. The van der Waals surface area contributed by atoms with E-state index in [1.54, 1.807) is 0 Å². The summed E-state index contributed by atoms with van der Waals surface area (Å²) in [4.78, 5) is 0. The first kappa shape index (κ1) is 52.1. The van der Waals surface area contributed by atoms with Crippen molar-refractivity contribution >= 4 is 0 Å². The summed E-state index contributed by atoms with van der Waals surface area (Å²) in [5, 5.41) is 0. The van der Waals surface area contributed by atoms with Crippen molar-refractivity contribution < 1.29 is 28.4 Å². The van der Waals surface area contributed by atoms with Crippen molar-refractivity contribution in [3.63, 3.8) is 0 Å². The zero-order chi connectivity index (χ0) is 56.3. The normalized spacial score (nSPS) is 10.9. The molecule has 13 aromatic carbocycles. The van der Waals surface area contributed by atoms with Crippen LogP contribution in [0.1, 0.15) is 0 Å². The monoisotopic (exact) mass is 1090 g/mol. The highest BCUT2D eigenvalue weighted by atomic mass is 16.6. The minimum Gasteiger partial charge on any atom is -0.448 e. The SMILES string of the molecule is c1ccc(-c2ccccc2Oc2c(Oc3ccccc3-c3ccccc3)c(Oc3ccccc3-c3ccccc3)c(Oc3ccccc3-c3ccccc3)c(Oc3ccccc3-c3ccccc3)c2Oc2ccccc2-c2ccccc2)cc1. The quantitative estimate of drug-likeness (QED) is 0.0853. The fourth-order valence-electron chi connectivity index (χ4n) is 10.3. The van der Waals surface area contributed by atoms with E-state index in [4.69, 9.17) is 28.4 Å². The zero-order valence-corrected chi connectivity index (χ0v) is 45.6. The van der Waals surface area contributed by atoms with Crippen LogP contribution in [0.15, 0.2) is 328 Å². The Kier molecular flexibility index (Phi) is 15.2. The first-order valence-electron chi connectivity index (χ1n) is 27.9. The summed E-state index contributed by atoms with van der Waals surface area (Å²) in [6, 6.07) is 109. The van der Waals surface area contributed by atoms with Gasteiger partial charge in [-0.2, -0.15) is 0 Å². The summed E-state index contributed by atoms with van der Waals surface area (Å²) in [7, 11) is 0. The molecule has 0 bridgehead atoms. The number of rotatable bonds is 18. The molecule has 6 nitrogen and oxygen atoms in total. The van der Waals surface area contributed by atoms with Crippen LogP contribution in [0.2, 0.25) is 0 Å². The topological polar surface area (TPSA) is 55.4 Å². The molecule has 402 valence electrons. The summed E-state index contributed by atoms with van der Waals surface area (Å²) in [6.07, 6.45) is 0. The molecule has 0 aromatic heterocycles. The second-order valence-corrected chi connectivity index (χ2v) is 19.8. The molecule has 13 rings (SSSR count). The number of benzene rings is 13. The Bertz CT molecular complexity index is 3600. The summed E-state index contributed by atoms with van der Waals surface area (Å²) in [5.74, 6) is 3.79. The van der Waals surface area contributed by atoms with Crippen molar-refractivity contribution in [2.24, 2.45) is 0 Å². The van der Waals surface area contributed by atoms with E-state index >= 15 is 0 Å². The van der Waals surface area contributed by atoms with Crippen molar-refractivity contribution in [2.45, 2.75) is 0 Å². The van der Waals surface area contributed by atoms with E-state index in [9.17, 15) is 0 Å². The van der Waals surface area contributed by atoms with Crippen LogP contribution in [-0.2, 0) is 0 Å². The van der Waals surface area contributed by atoms with Gasteiger partial charge in [0.25, 0.3) is 0 Å². The molecule has 0 spiro atoms. The molecule has 0 aliphatic rings. The van der Waals surface area contributed by atoms with Gasteiger partial charge in [-0.05, 0) is 69.8 Å². The molecule has 84 heavy (non-hydrogen) atoms. The molecule has 0 N–H and O–H groups in total. The highest BCUT2D eigenvalue weighted by molar-refractivity contribution is 5.84. The maximum atomic E-state index is 7.68. The fraction of sp³-hybridized carbons (Fsp3) is 0. The average molecular weight is 1090 g/mol. The Hall–Kier alpha value is -11.3. The first-order chi connectivity index (χ1) is 41.7. The van der Waals surface area contributed by atoms with Gasteiger partial charge < -0.3 is 28.4 Å². The molecule has 0 saturated carbocycles. The van der Waals surface area contributed by atoms with Crippen LogP contribution in [-0.4, -0.2) is 0 Å². The standard InChI is InChI=1S/C78H54O6/c1-7-31-55(32-8-1)61-43-19-25-49-67(61)79-73-74(80-68-50-26-20-44-62(68)56-33-9-2-10-34-56)76(82-70-52-28-22-46-64(70)58-37-13-4-14-38-58)78(84-72-54-30-24-48-66(72)60-41-17-6-18-42-60)77(83-71-53-29-23-47-65(71)59-39-15-5-16-40-59)75(73)81-69-51-27-21-45-63(69)57-35-11-3-12-36-57/h1-54H. The zero-order valence-electron chi connectivity index (χ0n) is 45.6. The third-order valence-corrected chi connectivity index (χ3v) is 14.3. The van der Waals surface area contributed by atoms with E-state index in [-0.39, 0.29) is 34.5 Å². The molecule has 0 aliphatic heterocycles. The maximum absolute atomic E-state index is 7.68. The Morgan fingerprint density at radius 1 is 0.119 bits per heavy atom. The molecule has 0 aliphatic carbocycles. The van der Waals surface area contributed by atoms with Gasteiger partial charge in [-0.1, -0.05) is 291 Å². The maximum Gasteiger partial charge on any atom is 0.220 e. The Morgan fingerprint density at radius 2 is 0.238 bits per heavy atom. The fourth-order valence-corrected chi connectivity index (χ4v) is 10.3. The molecule has 0 saturated heterocycles. The van der Waals surface area contributed by atoms with Crippen LogP contribution in [0.5, 0.6) is 69.0 Å². The van der Waals surface area contributed by atoms with Gasteiger partial charge in [0.15, 0.2) is 0 Å². The lowest BCUT2D eigenvalue weighted by molar-refractivity contribution is 0.328. The lowest BCUT2D eigenvalue weighted by atomic mass is 10.0. The summed E-state index contributed by atoms with van der Waals surface area (Å²) < 4.78 is 46.1. The lowest BCUT2D eigenvalue weighted by Crippen LogP contribution is -2.05. The molecule has 0 atom stereocenters. The number of ether oxygens (including phenoxy) is 6. The third kappa shape index (κ3) is 11.2. The molecule has 13 aromatic rings. The minimum absolute atomic E-state index is 0.132. The molecule has 0 heterocycles. The van der Waals surface area contributed by atoms with Crippen molar-refractivity contribution in [1.29, 1.82) is 0 Å². The van der Waals surface area contributed by atoms with Gasteiger partial charge in [-0.3, -0.25) is 0 Å². The van der Waals surface area contributed by atoms with Crippen molar-refractivity contribution in [3.8, 4) is 136 Å². The van der Waals surface area contributed by atoms with Gasteiger partial charge in [-0.15, -0.1) is 0 Å². The molecular formula is C78H54O6. The van der Waals surface area contributed by atoms with Crippen molar-refractivity contribution in [1.82, 2.24) is 0 Å². The summed E-state index contributed by atoms with van der Waals surface area (Å²) in [6.45, 7) is 0.